The molecule has 0 radical (unpaired) electrons. The fourth-order valence-electron chi connectivity index (χ4n) is 3.49. The van der Waals surface area contributed by atoms with Gasteiger partial charge in [0.2, 0.25) is 5.91 Å². The van der Waals surface area contributed by atoms with Gasteiger partial charge in [0.15, 0.2) is 0 Å². The van der Waals surface area contributed by atoms with Gasteiger partial charge in [0.1, 0.15) is 11.6 Å². The monoisotopic (exact) mass is 367 g/mol. The lowest BCUT2D eigenvalue weighted by Crippen LogP contribution is -2.34. The first-order valence-electron chi connectivity index (χ1n) is 8.85. The molecule has 0 N–H and O–H groups in total. The van der Waals surface area contributed by atoms with Crippen LogP contribution in [0.1, 0.15) is 23.7 Å². The molecule has 0 saturated heterocycles. The molecule has 0 atom stereocenters. The molecule has 1 aliphatic rings. The molecular weight excluding hydrogens is 348 g/mol. The summed E-state index contributed by atoms with van der Waals surface area (Å²) < 4.78 is 28.4. The van der Waals surface area contributed by atoms with Gasteiger partial charge >= 0.3 is 0 Å². The van der Waals surface area contributed by atoms with E-state index in [0.717, 1.165) is 28.1 Å². The molecule has 2 aromatic carbocycles. The van der Waals surface area contributed by atoms with Gasteiger partial charge in [-0.3, -0.25) is 9.48 Å². The average molecular weight is 367 g/mol. The Hall–Kier alpha value is -3.02. The lowest BCUT2D eigenvalue weighted by molar-refractivity contribution is -0.129. The Morgan fingerprint density at radius 1 is 1.04 bits per heavy atom. The number of halogens is 2. The first-order chi connectivity index (χ1) is 13.0. The highest BCUT2D eigenvalue weighted by atomic mass is 19.1. The van der Waals surface area contributed by atoms with Crippen molar-refractivity contribution in [2.24, 2.45) is 0 Å². The summed E-state index contributed by atoms with van der Waals surface area (Å²) in [6.07, 6.45) is 0.699. The average Bonchev–Trinajstić information content (AvgIpc) is 3.02. The lowest BCUT2D eigenvalue weighted by Gasteiger charge is -2.27. The Morgan fingerprint density at radius 3 is 2.30 bits per heavy atom. The van der Waals surface area contributed by atoms with Crippen LogP contribution in [0.3, 0.4) is 0 Å². The van der Waals surface area contributed by atoms with Crippen molar-refractivity contribution < 1.29 is 13.6 Å². The normalized spacial score (nSPS) is 13.5. The van der Waals surface area contributed by atoms with Crippen LogP contribution in [-0.4, -0.2) is 27.1 Å². The van der Waals surface area contributed by atoms with Crippen LogP contribution >= 0.6 is 0 Å². The maximum atomic E-state index is 13.3. The van der Waals surface area contributed by atoms with E-state index in [1.54, 1.807) is 36.1 Å². The molecule has 1 amide bonds. The van der Waals surface area contributed by atoms with Crippen molar-refractivity contribution in [3.05, 3.63) is 77.0 Å². The summed E-state index contributed by atoms with van der Waals surface area (Å²) in [5.41, 5.74) is 4.58. The van der Waals surface area contributed by atoms with Crippen LogP contribution in [0.15, 0.2) is 48.5 Å². The van der Waals surface area contributed by atoms with E-state index < -0.39 is 0 Å². The highest BCUT2D eigenvalue weighted by molar-refractivity contribution is 5.74. The SMILES string of the molecule is CC(=O)N1CCc2c(c(-c3ccc(F)cc3)nn2Cc2ccc(F)cc2)C1. The number of hydrogen-bond donors (Lipinski definition) is 0. The van der Waals surface area contributed by atoms with Gasteiger partial charge in [0, 0.05) is 43.3 Å². The van der Waals surface area contributed by atoms with Crippen LogP contribution in [0.2, 0.25) is 0 Å². The van der Waals surface area contributed by atoms with Crippen molar-refractivity contribution in [3.8, 4) is 11.3 Å². The predicted octanol–water partition coefficient (Wildman–Crippen LogP) is 3.78. The number of carbonyl (C=O) groups is 1. The van der Waals surface area contributed by atoms with E-state index >= 15 is 0 Å². The highest BCUT2D eigenvalue weighted by Crippen LogP contribution is 2.30. The molecule has 3 aromatic rings. The van der Waals surface area contributed by atoms with Gasteiger partial charge in [-0.1, -0.05) is 12.1 Å². The molecule has 0 bridgehead atoms. The Bertz CT molecular complexity index is 978. The minimum absolute atomic E-state index is 0.0250. The molecule has 1 aromatic heterocycles. The number of amides is 1. The molecule has 6 heteroatoms. The number of rotatable bonds is 3. The molecule has 1 aliphatic heterocycles. The molecule has 2 heterocycles. The number of hydrogen-bond acceptors (Lipinski definition) is 2. The Kier molecular flexibility index (Phi) is 4.48. The zero-order valence-corrected chi connectivity index (χ0v) is 15.0. The summed E-state index contributed by atoms with van der Waals surface area (Å²) in [5.74, 6) is -0.550. The lowest BCUT2D eigenvalue weighted by atomic mass is 10.0. The zero-order chi connectivity index (χ0) is 19.0. The Balaban J connectivity index is 1.76. The fraction of sp³-hybridized carbons (Fsp3) is 0.238. The maximum absolute atomic E-state index is 13.3. The molecule has 4 nitrogen and oxygen atoms in total. The third kappa shape index (κ3) is 3.47. The van der Waals surface area contributed by atoms with Crippen molar-refractivity contribution in [2.45, 2.75) is 26.4 Å². The quantitative estimate of drug-likeness (QED) is 0.707. The zero-order valence-electron chi connectivity index (χ0n) is 15.0. The van der Waals surface area contributed by atoms with Crippen LogP contribution in [0.25, 0.3) is 11.3 Å². The van der Waals surface area contributed by atoms with E-state index in [9.17, 15) is 13.6 Å². The fourth-order valence-corrected chi connectivity index (χ4v) is 3.49. The maximum Gasteiger partial charge on any atom is 0.219 e. The number of carbonyl (C=O) groups excluding carboxylic acids is 1. The van der Waals surface area contributed by atoms with Gasteiger partial charge in [-0.2, -0.15) is 5.10 Å². The van der Waals surface area contributed by atoms with Crippen LogP contribution in [0.5, 0.6) is 0 Å². The number of fused-ring (bicyclic) bond motifs is 1. The van der Waals surface area contributed by atoms with Gasteiger partial charge < -0.3 is 4.90 Å². The van der Waals surface area contributed by atoms with Gasteiger partial charge in [-0.15, -0.1) is 0 Å². The van der Waals surface area contributed by atoms with Crippen molar-refractivity contribution >= 4 is 5.91 Å². The van der Waals surface area contributed by atoms with Crippen molar-refractivity contribution in [1.82, 2.24) is 14.7 Å². The minimum Gasteiger partial charge on any atom is -0.338 e. The molecular formula is C21H19F2N3O. The predicted molar refractivity (Wildman–Crippen MR) is 97.9 cm³/mol. The number of aromatic nitrogens is 2. The minimum atomic E-state index is -0.302. The molecule has 4 rings (SSSR count). The number of benzene rings is 2. The van der Waals surface area contributed by atoms with E-state index in [4.69, 9.17) is 5.10 Å². The van der Waals surface area contributed by atoms with Crippen molar-refractivity contribution in [1.29, 1.82) is 0 Å². The summed E-state index contributed by atoms with van der Waals surface area (Å²) in [6, 6.07) is 12.6. The molecule has 0 fully saturated rings. The topological polar surface area (TPSA) is 38.1 Å². The second-order valence-electron chi connectivity index (χ2n) is 6.76. The van der Waals surface area contributed by atoms with Crippen LogP contribution in [0.4, 0.5) is 8.78 Å². The summed E-state index contributed by atoms with van der Waals surface area (Å²) in [4.78, 5) is 13.6. The highest BCUT2D eigenvalue weighted by Gasteiger charge is 2.26. The van der Waals surface area contributed by atoms with Crippen molar-refractivity contribution in [2.75, 3.05) is 6.54 Å². The molecule has 138 valence electrons. The first-order valence-corrected chi connectivity index (χ1v) is 8.85. The van der Waals surface area contributed by atoms with Gasteiger partial charge in [-0.05, 0) is 42.0 Å². The van der Waals surface area contributed by atoms with Gasteiger partial charge in [0.05, 0.1) is 12.2 Å². The molecule has 0 unspecified atom stereocenters. The van der Waals surface area contributed by atoms with E-state index in [2.05, 4.69) is 0 Å². The smallest absolute Gasteiger partial charge is 0.219 e. The summed E-state index contributed by atoms with van der Waals surface area (Å²) >= 11 is 0. The molecule has 0 spiro atoms. The summed E-state index contributed by atoms with van der Waals surface area (Å²) in [5, 5.41) is 4.77. The first kappa shape index (κ1) is 17.4. The third-order valence-corrected chi connectivity index (χ3v) is 4.94. The van der Waals surface area contributed by atoms with Crippen molar-refractivity contribution in [3.63, 3.8) is 0 Å². The van der Waals surface area contributed by atoms with E-state index in [0.29, 0.717) is 26.1 Å². The molecule has 0 saturated carbocycles. The Labute approximate surface area is 156 Å². The summed E-state index contributed by atoms with van der Waals surface area (Å²) in [7, 11) is 0. The second-order valence-corrected chi connectivity index (χ2v) is 6.76. The van der Waals surface area contributed by atoms with Gasteiger partial charge in [-0.25, -0.2) is 8.78 Å². The second kappa shape index (κ2) is 6.95. The van der Waals surface area contributed by atoms with E-state index in [1.807, 2.05) is 4.68 Å². The van der Waals surface area contributed by atoms with Crippen LogP contribution in [-0.2, 0) is 24.3 Å². The number of nitrogens with zero attached hydrogens (tertiary/aromatic N) is 3. The third-order valence-electron chi connectivity index (χ3n) is 4.94. The largest absolute Gasteiger partial charge is 0.338 e. The van der Waals surface area contributed by atoms with Crippen LogP contribution < -0.4 is 0 Å². The standard InChI is InChI=1S/C21H19F2N3O/c1-14(27)25-11-10-20-19(13-25)21(16-4-8-18(23)9-5-16)24-26(20)12-15-2-6-17(22)7-3-15/h2-9H,10-13H2,1H3. The van der Waals surface area contributed by atoms with Gasteiger partial charge in [0.25, 0.3) is 0 Å². The molecule has 0 aliphatic carbocycles. The van der Waals surface area contributed by atoms with E-state index in [1.165, 1.54) is 24.3 Å². The molecule has 27 heavy (non-hydrogen) atoms. The van der Waals surface area contributed by atoms with Crippen LogP contribution in [0, 0.1) is 11.6 Å². The van der Waals surface area contributed by atoms with E-state index in [-0.39, 0.29) is 17.5 Å². The Morgan fingerprint density at radius 2 is 1.67 bits per heavy atom. The summed E-state index contributed by atoms with van der Waals surface area (Å²) in [6.45, 7) is 3.20.